The third-order valence-electron chi connectivity index (χ3n) is 1.03. The van der Waals surface area contributed by atoms with Crippen LogP contribution in [0.15, 0.2) is 24.4 Å². The number of nitriles is 1. The molecule has 0 amide bonds. The fraction of sp³-hybridized carbons (Fsp3) is 0. The van der Waals surface area contributed by atoms with Crippen molar-refractivity contribution >= 4 is 5.71 Å². The van der Waals surface area contributed by atoms with Crippen molar-refractivity contribution in [2.45, 2.75) is 0 Å². The number of aromatic nitrogens is 1. The van der Waals surface area contributed by atoms with E-state index in [1.165, 1.54) is 0 Å². The molecule has 1 N–H and O–H groups in total. The molecular weight excluding hydrogens is 126 g/mol. The van der Waals surface area contributed by atoms with E-state index in [4.69, 9.17) is 10.7 Å². The molecular formula is C7H5N3. The Kier molecular flexibility index (Phi) is 1.76. The second-order valence-corrected chi connectivity index (χ2v) is 1.70. The molecule has 0 aliphatic rings. The summed E-state index contributed by atoms with van der Waals surface area (Å²) in [6.07, 6.45) is 1.56. The number of rotatable bonds is 1. The summed E-state index contributed by atoms with van der Waals surface area (Å²) < 4.78 is 0. The third kappa shape index (κ3) is 1.17. The van der Waals surface area contributed by atoms with Crippen LogP contribution in [0.4, 0.5) is 0 Å². The van der Waals surface area contributed by atoms with Gasteiger partial charge < -0.3 is 0 Å². The van der Waals surface area contributed by atoms with E-state index < -0.39 is 0 Å². The molecule has 1 heterocycles. The largest absolute Gasteiger partial charge is 0.288 e. The summed E-state index contributed by atoms with van der Waals surface area (Å²) in [5.41, 5.74) is 0.325. The van der Waals surface area contributed by atoms with Crippen LogP contribution in [0.3, 0.4) is 0 Å². The van der Waals surface area contributed by atoms with Crippen LogP contribution < -0.4 is 0 Å². The lowest BCUT2D eigenvalue weighted by atomic mass is 10.2. The van der Waals surface area contributed by atoms with Crippen LogP contribution in [0.25, 0.3) is 0 Å². The van der Waals surface area contributed by atoms with Gasteiger partial charge in [0.2, 0.25) is 0 Å². The summed E-state index contributed by atoms with van der Waals surface area (Å²) in [6, 6.07) is 6.82. The summed E-state index contributed by atoms with van der Waals surface area (Å²) in [6.45, 7) is 0. The molecule has 0 bridgehead atoms. The van der Waals surface area contributed by atoms with Crippen LogP contribution in [0.5, 0.6) is 0 Å². The minimum absolute atomic E-state index is 0.0967. The molecule has 0 radical (unpaired) electrons. The maximum atomic E-state index is 8.27. The van der Waals surface area contributed by atoms with Gasteiger partial charge in [-0.25, -0.2) is 0 Å². The smallest absolute Gasteiger partial charge is 0.158 e. The minimum Gasteiger partial charge on any atom is -0.288 e. The Morgan fingerprint density at radius 1 is 1.60 bits per heavy atom. The summed E-state index contributed by atoms with van der Waals surface area (Å²) in [5, 5.41) is 15.3. The fourth-order valence-electron chi connectivity index (χ4n) is 0.568. The molecule has 10 heavy (non-hydrogen) atoms. The predicted molar refractivity (Wildman–Crippen MR) is 36.7 cm³/mol. The van der Waals surface area contributed by atoms with Gasteiger partial charge in [-0.05, 0) is 12.1 Å². The lowest BCUT2D eigenvalue weighted by molar-refractivity contribution is 1.28. The van der Waals surface area contributed by atoms with Gasteiger partial charge in [-0.1, -0.05) is 6.07 Å². The normalized spacial score (nSPS) is 8.30. The van der Waals surface area contributed by atoms with Gasteiger partial charge in [0.25, 0.3) is 0 Å². The van der Waals surface area contributed by atoms with E-state index >= 15 is 0 Å². The van der Waals surface area contributed by atoms with Gasteiger partial charge in [-0.15, -0.1) is 0 Å². The number of hydrogen-bond donors (Lipinski definition) is 1. The van der Waals surface area contributed by atoms with Gasteiger partial charge in [-0.3, -0.25) is 10.4 Å². The van der Waals surface area contributed by atoms with Crippen molar-refractivity contribution < 1.29 is 0 Å². The second-order valence-electron chi connectivity index (χ2n) is 1.70. The molecule has 3 heteroatoms. The van der Waals surface area contributed by atoms with E-state index in [1.54, 1.807) is 30.5 Å². The minimum atomic E-state index is -0.0967. The average molecular weight is 131 g/mol. The first-order chi connectivity index (χ1) is 4.84. The van der Waals surface area contributed by atoms with Crippen LogP contribution in [0.2, 0.25) is 0 Å². The van der Waals surface area contributed by atoms with Crippen LogP contribution >= 0.6 is 0 Å². The summed E-state index contributed by atoms with van der Waals surface area (Å²) in [7, 11) is 0. The standard InChI is InChI=1S/C7H5N3/c8-5-6(9)7-3-1-2-4-10-7/h1-4,9H. The topological polar surface area (TPSA) is 60.5 Å². The van der Waals surface area contributed by atoms with Crippen molar-refractivity contribution in [1.29, 1.82) is 10.7 Å². The average Bonchev–Trinajstić information content (AvgIpc) is 2.05. The highest BCUT2D eigenvalue weighted by Gasteiger charge is 1.96. The Morgan fingerprint density at radius 2 is 2.40 bits per heavy atom. The second kappa shape index (κ2) is 2.74. The quantitative estimate of drug-likeness (QED) is 0.577. The lowest BCUT2D eigenvalue weighted by Crippen LogP contribution is -1.96. The van der Waals surface area contributed by atoms with Crippen molar-refractivity contribution in [3.63, 3.8) is 0 Å². The van der Waals surface area contributed by atoms with Crippen LogP contribution in [-0.4, -0.2) is 10.7 Å². The number of nitrogens with one attached hydrogen (secondary N) is 1. The van der Waals surface area contributed by atoms with Gasteiger partial charge in [0, 0.05) is 6.20 Å². The van der Waals surface area contributed by atoms with Gasteiger partial charge in [-0.2, -0.15) is 5.26 Å². The highest BCUT2D eigenvalue weighted by molar-refractivity contribution is 6.07. The number of pyridine rings is 1. The van der Waals surface area contributed by atoms with Crippen molar-refractivity contribution in [2.24, 2.45) is 0 Å². The maximum absolute atomic E-state index is 8.27. The van der Waals surface area contributed by atoms with Crippen LogP contribution in [0, 0.1) is 16.7 Å². The number of nitrogens with zero attached hydrogens (tertiary/aromatic N) is 2. The van der Waals surface area contributed by atoms with Crippen molar-refractivity contribution in [3.8, 4) is 6.07 Å². The molecule has 0 atom stereocenters. The zero-order chi connectivity index (χ0) is 7.40. The molecule has 0 spiro atoms. The number of hydrogen-bond acceptors (Lipinski definition) is 3. The summed E-state index contributed by atoms with van der Waals surface area (Å²) in [5.74, 6) is 0. The molecule has 0 saturated heterocycles. The molecule has 48 valence electrons. The van der Waals surface area contributed by atoms with E-state index in [0.29, 0.717) is 5.69 Å². The van der Waals surface area contributed by atoms with Crippen LogP contribution in [0.1, 0.15) is 5.69 Å². The first-order valence-electron chi connectivity index (χ1n) is 2.74. The molecule has 0 unspecified atom stereocenters. The van der Waals surface area contributed by atoms with Gasteiger partial charge >= 0.3 is 0 Å². The lowest BCUT2D eigenvalue weighted by Gasteiger charge is -1.89. The zero-order valence-electron chi connectivity index (χ0n) is 5.20. The van der Waals surface area contributed by atoms with Gasteiger partial charge in [0.1, 0.15) is 6.07 Å². The van der Waals surface area contributed by atoms with Gasteiger partial charge in [0.05, 0.1) is 5.69 Å². The molecule has 3 nitrogen and oxygen atoms in total. The molecule has 0 aliphatic heterocycles. The molecule has 1 aromatic rings. The van der Waals surface area contributed by atoms with Gasteiger partial charge in [0.15, 0.2) is 5.71 Å². The molecule has 0 aliphatic carbocycles. The summed E-state index contributed by atoms with van der Waals surface area (Å²) in [4.78, 5) is 3.80. The van der Waals surface area contributed by atoms with Crippen molar-refractivity contribution in [1.82, 2.24) is 4.98 Å². The monoisotopic (exact) mass is 131 g/mol. The van der Waals surface area contributed by atoms with E-state index in [-0.39, 0.29) is 5.71 Å². The first kappa shape index (κ1) is 6.43. The van der Waals surface area contributed by atoms with E-state index in [0.717, 1.165) is 0 Å². The molecule has 0 saturated carbocycles. The Labute approximate surface area is 58.5 Å². The predicted octanol–water partition coefficient (Wildman–Crippen LogP) is 0.973. The van der Waals surface area contributed by atoms with E-state index in [9.17, 15) is 0 Å². The molecule has 0 aromatic carbocycles. The maximum Gasteiger partial charge on any atom is 0.158 e. The van der Waals surface area contributed by atoms with Crippen molar-refractivity contribution in [3.05, 3.63) is 30.1 Å². The Balaban J connectivity index is 2.99. The fourth-order valence-corrected chi connectivity index (χ4v) is 0.568. The first-order valence-corrected chi connectivity index (χ1v) is 2.74. The zero-order valence-corrected chi connectivity index (χ0v) is 5.20. The molecule has 0 fully saturated rings. The Hall–Kier alpha value is -1.69. The highest BCUT2D eigenvalue weighted by atomic mass is 14.7. The Bertz CT molecular complexity index is 271. The SMILES string of the molecule is N#CC(=N)c1ccccn1. The Morgan fingerprint density at radius 3 is 2.90 bits per heavy atom. The summed E-state index contributed by atoms with van der Waals surface area (Å²) >= 11 is 0. The van der Waals surface area contributed by atoms with E-state index in [1.807, 2.05) is 0 Å². The molecule has 1 aromatic heterocycles. The van der Waals surface area contributed by atoms with E-state index in [2.05, 4.69) is 4.98 Å². The highest BCUT2D eigenvalue weighted by Crippen LogP contribution is 1.92. The van der Waals surface area contributed by atoms with Crippen molar-refractivity contribution in [2.75, 3.05) is 0 Å². The molecule has 1 rings (SSSR count). The third-order valence-corrected chi connectivity index (χ3v) is 1.03. The van der Waals surface area contributed by atoms with Crippen LogP contribution in [-0.2, 0) is 0 Å².